The Hall–Kier alpha value is -2.33. The van der Waals surface area contributed by atoms with Crippen molar-refractivity contribution >= 4 is 27.3 Å². The van der Waals surface area contributed by atoms with Gasteiger partial charge in [-0.05, 0) is 19.1 Å². The predicted octanol–water partition coefficient (Wildman–Crippen LogP) is 3.39. The highest BCUT2D eigenvalue weighted by Crippen LogP contribution is 2.14. The SMILES string of the molecule is Cc1ccc(C(=O)Cc2nc3ccccc3sc2=O)cc1. The smallest absolute Gasteiger partial charge is 0.254 e. The highest BCUT2D eigenvalue weighted by atomic mass is 32.1. The maximum absolute atomic E-state index is 12.2. The lowest BCUT2D eigenvalue weighted by molar-refractivity contribution is 0.0992. The number of carbonyl (C=O) groups excluding carboxylic acids is 1. The van der Waals surface area contributed by atoms with Gasteiger partial charge in [-0.3, -0.25) is 9.59 Å². The summed E-state index contributed by atoms with van der Waals surface area (Å²) in [6.45, 7) is 1.97. The van der Waals surface area contributed by atoms with Crippen LogP contribution in [0.1, 0.15) is 21.6 Å². The van der Waals surface area contributed by atoms with Crippen LogP contribution in [0.2, 0.25) is 0 Å². The average Bonchev–Trinajstić information content (AvgIpc) is 2.48. The summed E-state index contributed by atoms with van der Waals surface area (Å²) in [4.78, 5) is 28.6. The van der Waals surface area contributed by atoms with E-state index >= 15 is 0 Å². The number of hydrogen-bond acceptors (Lipinski definition) is 4. The maximum Gasteiger partial charge on any atom is 0.254 e. The van der Waals surface area contributed by atoms with Crippen LogP contribution in [0.25, 0.3) is 10.2 Å². The van der Waals surface area contributed by atoms with E-state index in [9.17, 15) is 9.59 Å². The van der Waals surface area contributed by atoms with Crippen molar-refractivity contribution in [1.82, 2.24) is 4.98 Å². The second-order valence-corrected chi connectivity index (χ2v) is 5.90. The summed E-state index contributed by atoms with van der Waals surface area (Å²) in [5, 5.41) is 0. The standard InChI is InChI=1S/C17H13NO2S/c1-11-6-8-12(9-7-11)15(19)10-14-17(20)21-16-5-3-2-4-13(16)18-14/h2-9H,10H2,1H3. The van der Waals surface area contributed by atoms with Crippen LogP contribution in [0.3, 0.4) is 0 Å². The van der Waals surface area contributed by atoms with Gasteiger partial charge in [0.15, 0.2) is 5.78 Å². The lowest BCUT2D eigenvalue weighted by Crippen LogP contribution is -2.13. The fourth-order valence-electron chi connectivity index (χ4n) is 2.09. The molecule has 0 spiro atoms. The minimum absolute atomic E-state index is 0.0449. The number of hydrogen-bond donors (Lipinski definition) is 0. The molecule has 4 heteroatoms. The van der Waals surface area contributed by atoms with E-state index < -0.39 is 0 Å². The van der Waals surface area contributed by atoms with Crippen LogP contribution in [0.4, 0.5) is 0 Å². The van der Waals surface area contributed by atoms with Gasteiger partial charge >= 0.3 is 0 Å². The third kappa shape index (κ3) is 2.90. The monoisotopic (exact) mass is 295 g/mol. The zero-order valence-electron chi connectivity index (χ0n) is 11.5. The topological polar surface area (TPSA) is 47.0 Å². The molecular formula is C17H13NO2S. The molecule has 3 rings (SSSR count). The number of aromatic nitrogens is 1. The fraction of sp³-hybridized carbons (Fsp3) is 0.118. The van der Waals surface area contributed by atoms with Gasteiger partial charge in [-0.2, -0.15) is 0 Å². The molecule has 3 aromatic rings. The Morgan fingerprint density at radius 1 is 1.10 bits per heavy atom. The summed E-state index contributed by atoms with van der Waals surface area (Å²) >= 11 is 1.14. The van der Waals surface area contributed by atoms with Crippen molar-refractivity contribution < 1.29 is 4.79 Å². The van der Waals surface area contributed by atoms with Crippen molar-refractivity contribution in [3.63, 3.8) is 0 Å². The summed E-state index contributed by atoms with van der Waals surface area (Å²) in [5.74, 6) is -0.0814. The van der Waals surface area contributed by atoms with Crippen LogP contribution in [0.15, 0.2) is 53.3 Å². The van der Waals surface area contributed by atoms with Gasteiger partial charge in [-0.25, -0.2) is 4.98 Å². The molecule has 0 unspecified atom stereocenters. The van der Waals surface area contributed by atoms with E-state index in [1.54, 1.807) is 12.1 Å². The van der Waals surface area contributed by atoms with E-state index in [1.807, 2.05) is 43.3 Å². The molecule has 0 saturated carbocycles. The van der Waals surface area contributed by atoms with Crippen LogP contribution >= 0.6 is 11.3 Å². The van der Waals surface area contributed by atoms with Crippen LogP contribution < -0.4 is 4.74 Å². The van der Waals surface area contributed by atoms with E-state index in [1.165, 1.54) is 0 Å². The first-order chi connectivity index (χ1) is 10.1. The van der Waals surface area contributed by atoms with E-state index in [2.05, 4.69) is 4.98 Å². The van der Waals surface area contributed by atoms with Crippen molar-refractivity contribution in [3.05, 3.63) is 74.9 Å². The van der Waals surface area contributed by atoms with E-state index in [-0.39, 0.29) is 16.9 Å². The van der Waals surface area contributed by atoms with Crippen molar-refractivity contribution in [2.75, 3.05) is 0 Å². The number of ketones is 1. The van der Waals surface area contributed by atoms with Crippen molar-refractivity contribution in [2.24, 2.45) is 0 Å². The van der Waals surface area contributed by atoms with Crippen molar-refractivity contribution in [2.45, 2.75) is 13.3 Å². The molecule has 3 nitrogen and oxygen atoms in total. The summed E-state index contributed by atoms with van der Waals surface area (Å²) in [5.41, 5.74) is 2.79. The van der Waals surface area contributed by atoms with Crippen molar-refractivity contribution in [3.8, 4) is 0 Å². The highest BCUT2D eigenvalue weighted by Gasteiger charge is 2.12. The molecule has 21 heavy (non-hydrogen) atoms. The Morgan fingerprint density at radius 3 is 2.57 bits per heavy atom. The Bertz CT molecular complexity index is 866. The molecular weight excluding hydrogens is 282 g/mol. The number of nitrogens with zero attached hydrogens (tertiary/aromatic N) is 1. The second kappa shape index (κ2) is 5.58. The first-order valence-corrected chi connectivity index (χ1v) is 7.44. The predicted molar refractivity (Wildman–Crippen MR) is 85.1 cm³/mol. The lowest BCUT2D eigenvalue weighted by Gasteiger charge is -2.02. The molecule has 1 heterocycles. The molecule has 0 N–H and O–H groups in total. The molecule has 2 aromatic carbocycles. The zero-order valence-corrected chi connectivity index (χ0v) is 12.3. The summed E-state index contributed by atoms with van der Waals surface area (Å²) in [7, 11) is 0. The quantitative estimate of drug-likeness (QED) is 0.696. The van der Waals surface area contributed by atoms with Gasteiger partial charge in [0, 0.05) is 5.56 Å². The Morgan fingerprint density at radius 2 is 1.81 bits per heavy atom. The van der Waals surface area contributed by atoms with Crippen molar-refractivity contribution in [1.29, 1.82) is 0 Å². The normalized spacial score (nSPS) is 10.7. The molecule has 0 atom stereocenters. The molecule has 1 aromatic heterocycles. The van der Waals surface area contributed by atoms with Gasteiger partial charge in [0.2, 0.25) is 0 Å². The lowest BCUT2D eigenvalue weighted by atomic mass is 10.1. The largest absolute Gasteiger partial charge is 0.294 e. The minimum Gasteiger partial charge on any atom is -0.294 e. The number of benzene rings is 2. The molecule has 0 bridgehead atoms. The third-order valence-electron chi connectivity index (χ3n) is 3.26. The van der Waals surface area contributed by atoms with Crippen LogP contribution in [-0.2, 0) is 6.42 Å². The molecule has 0 aliphatic rings. The van der Waals surface area contributed by atoms with Gasteiger partial charge in [-0.1, -0.05) is 53.3 Å². The van der Waals surface area contributed by atoms with E-state index in [4.69, 9.17) is 0 Å². The molecule has 0 fully saturated rings. The Balaban J connectivity index is 1.94. The molecule has 0 aliphatic heterocycles. The van der Waals surface area contributed by atoms with Gasteiger partial charge in [-0.15, -0.1) is 0 Å². The van der Waals surface area contributed by atoms with E-state index in [0.29, 0.717) is 11.3 Å². The van der Waals surface area contributed by atoms with Crippen LogP contribution in [0.5, 0.6) is 0 Å². The van der Waals surface area contributed by atoms with Gasteiger partial charge in [0.25, 0.3) is 4.74 Å². The Kier molecular flexibility index (Phi) is 3.62. The van der Waals surface area contributed by atoms with Crippen LogP contribution in [0, 0.1) is 6.92 Å². The average molecular weight is 295 g/mol. The first kappa shape index (κ1) is 13.6. The number of para-hydroxylation sites is 1. The highest BCUT2D eigenvalue weighted by molar-refractivity contribution is 7.16. The summed E-state index contributed by atoms with van der Waals surface area (Å²) in [6.07, 6.45) is 0.0449. The number of fused-ring (bicyclic) bond motifs is 1. The third-order valence-corrected chi connectivity index (χ3v) is 4.25. The molecule has 0 saturated heterocycles. The van der Waals surface area contributed by atoms with Crippen LogP contribution in [-0.4, -0.2) is 10.8 Å². The van der Waals surface area contributed by atoms with Gasteiger partial charge < -0.3 is 0 Å². The van der Waals surface area contributed by atoms with Gasteiger partial charge in [0.05, 0.1) is 16.6 Å². The maximum atomic E-state index is 12.2. The molecule has 0 amide bonds. The number of carbonyl (C=O) groups is 1. The second-order valence-electron chi connectivity index (χ2n) is 4.88. The summed E-state index contributed by atoms with van der Waals surface area (Å²) < 4.78 is 0.697. The number of Topliss-reactive ketones (excluding diaryl/α,β-unsaturated/α-hetero) is 1. The first-order valence-electron chi connectivity index (χ1n) is 6.62. The molecule has 0 aliphatic carbocycles. The minimum atomic E-state index is -0.144. The number of aryl methyl sites for hydroxylation is 1. The summed E-state index contributed by atoms with van der Waals surface area (Å²) in [6, 6.07) is 14.8. The molecule has 0 radical (unpaired) electrons. The zero-order chi connectivity index (χ0) is 14.8. The van der Waals surface area contributed by atoms with E-state index in [0.717, 1.165) is 27.1 Å². The Labute approximate surface area is 125 Å². The fourth-order valence-corrected chi connectivity index (χ4v) is 2.89. The number of rotatable bonds is 3. The molecule has 104 valence electrons. The van der Waals surface area contributed by atoms with Gasteiger partial charge in [0.1, 0.15) is 5.69 Å².